The number of carboxylic acid groups (broad SMARTS) is 1. The van der Waals surface area contributed by atoms with Crippen LogP contribution in [0.2, 0.25) is 0 Å². The van der Waals surface area contributed by atoms with E-state index < -0.39 is 5.97 Å². The van der Waals surface area contributed by atoms with Gasteiger partial charge in [0, 0.05) is 0 Å². The Kier molecular flexibility index (Phi) is 2.88. The third-order valence-electron chi connectivity index (χ3n) is 2.15. The molecule has 3 heteroatoms. The van der Waals surface area contributed by atoms with Gasteiger partial charge in [-0.2, -0.15) is 5.26 Å². The Morgan fingerprint density at radius 1 is 1.43 bits per heavy atom. The lowest BCUT2D eigenvalue weighted by Gasteiger charge is -2.05. The zero-order valence-corrected chi connectivity index (χ0v) is 8.16. The second-order valence-corrected chi connectivity index (χ2v) is 3.28. The summed E-state index contributed by atoms with van der Waals surface area (Å²) in [6.45, 7) is 3.63. The van der Waals surface area contributed by atoms with Gasteiger partial charge in [-0.15, -0.1) is 0 Å². The lowest BCUT2D eigenvalue weighted by Crippen LogP contribution is -2.03. The molecule has 0 aliphatic heterocycles. The first-order valence-electron chi connectivity index (χ1n) is 4.26. The summed E-state index contributed by atoms with van der Waals surface area (Å²) in [4.78, 5) is 10.5. The molecule has 0 bridgehead atoms. The molecule has 0 fully saturated rings. The van der Waals surface area contributed by atoms with Gasteiger partial charge in [0.05, 0.1) is 18.1 Å². The molecule has 0 amide bonds. The third kappa shape index (κ3) is 2.11. The fraction of sp³-hybridized carbons (Fsp3) is 0.273. The fourth-order valence-corrected chi connectivity index (χ4v) is 1.35. The molecule has 0 saturated carbocycles. The van der Waals surface area contributed by atoms with Crippen molar-refractivity contribution in [3.63, 3.8) is 0 Å². The van der Waals surface area contributed by atoms with E-state index >= 15 is 0 Å². The second-order valence-electron chi connectivity index (χ2n) is 3.28. The zero-order chi connectivity index (χ0) is 10.7. The molecule has 0 saturated heterocycles. The molecule has 0 aliphatic carbocycles. The van der Waals surface area contributed by atoms with E-state index in [0.717, 1.165) is 16.7 Å². The number of hydrogen-bond donors (Lipinski definition) is 1. The maximum Gasteiger partial charge on any atom is 0.307 e. The third-order valence-corrected chi connectivity index (χ3v) is 2.15. The summed E-state index contributed by atoms with van der Waals surface area (Å²) in [5.74, 6) is -0.850. The summed E-state index contributed by atoms with van der Waals surface area (Å²) in [6.07, 6.45) is 0.0123. The SMILES string of the molecule is Cc1cc(CC(=O)O)c(C)cc1C#N. The molecule has 0 aromatic heterocycles. The summed E-state index contributed by atoms with van der Waals surface area (Å²) < 4.78 is 0. The molecular formula is C11H11NO2. The number of nitriles is 1. The zero-order valence-electron chi connectivity index (χ0n) is 8.16. The van der Waals surface area contributed by atoms with Crippen molar-refractivity contribution in [3.8, 4) is 6.07 Å². The fourth-order valence-electron chi connectivity index (χ4n) is 1.35. The van der Waals surface area contributed by atoms with Crippen molar-refractivity contribution in [1.29, 1.82) is 5.26 Å². The van der Waals surface area contributed by atoms with E-state index in [-0.39, 0.29) is 6.42 Å². The van der Waals surface area contributed by atoms with Gasteiger partial charge in [-0.1, -0.05) is 6.07 Å². The van der Waals surface area contributed by atoms with Crippen LogP contribution in [-0.2, 0) is 11.2 Å². The van der Waals surface area contributed by atoms with E-state index in [1.54, 1.807) is 12.1 Å². The molecule has 0 heterocycles. The molecule has 0 unspecified atom stereocenters. The number of carboxylic acids is 1. The molecule has 14 heavy (non-hydrogen) atoms. The monoisotopic (exact) mass is 189 g/mol. The highest BCUT2D eigenvalue weighted by atomic mass is 16.4. The maximum atomic E-state index is 10.5. The van der Waals surface area contributed by atoms with Crippen molar-refractivity contribution >= 4 is 5.97 Å². The van der Waals surface area contributed by atoms with Gasteiger partial charge in [0.1, 0.15) is 0 Å². The molecule has 0 atom stereocenters. The normalized spacial score (nSPS) is 9.50. The number of benzene rings is 1. The number of aryl methyl sites for hydroxylation is 2. The highest BCUT2D eigenvalue weighted by Gasteiger charge is 2.07. The molecule has 0 aliphatic rings. The van der Waals surface area contributed by atoms with Crippen LogP contribution in [-0.4, -0.2) is 11.1 Å². The average Bonchev–Trinajstić information content (AvgIpc) is 2.10. The Bertz CT molecular complexity index is 416. The minimum absolute atomic E-state index is 0.0123. The number of nitrogens with zero attached hydrogens (tertiary/aromatic N) is 1. The average molecular weight is 189 g/mol. The van der Waals surface area contributed by atoms with Gasteiger partial charge in [-0.3, -0.25) is 4.79 Å². The van der Waals surface area contributed by atoms with E-state index in [9.17, 15) is 4.79 Å². The molecule has 0 radical (unpaired) electrons. The van der Waals surface area contributed by atoms with Crippen LogP contribution in [0.5, 0.6) is 0 Å². The van der Waals surface area contributed by atoms with Crippen LogP contribution < -0.4 is 0 Å². The minimum Gasteiger partial charge on any atom is -0.481 e. The van der Waals surface area contributed by atoms with Crippen molar-refractivity contribution in [2.24, 2.45) is 0 Å². The van der Waals surface area contributed by atoms with E-state index in [0.29, 0.717) is 5.56 Å². The Morgan fingerprint density at radius 3 is 2.57 bits per heavy atom. The van der Waals surface area contributed by atoms with Crippen LogP contribution in [0, 0.1) is 25.2 Å². The van der Waals surface area contributed by atoms with Crippen molar-refractivity contribution in [2.45, 2.75) is 20.3 Å². The Morgan fingerprint density at radius 2 is 2.07 bits per heavy atom. The Labute approximate surface area is 82.6 Å². The van der Waals surface area contributed by atoms with Gasteiger partial charge < -0.3 is 5.11 Å². The summed E-state index contributed by atoms with van der Waals surface area (Å²) in [5.41, 5.74) is 3.06. The van der Waals surface area contributed by atoms with Gasteiger partial charge in [0.25, 0.3) is 0 Å². The molecule has 72 valence electrons. The van der Waals surface area contributed by atoms with E-state index in [4.69, 9.17) is 10.4 Å². The largest absolute Gasteiger partial charge is 0.481 e. The van der Waals surface area contributed by atoms with Crippen molar-refractivity contribution in [2.75, 3.05) is 0 Å². The Hall–Kier alpha value is -1.82. The second kappa shape index (κ2) is 3.93. The first-order valence-corrected chi connectivity index (χ1v) is 4.26. The standard InChI is InChI=1S/C11H11NO2/c1-7-4-10(6-12)8(2)3-9(7)5-11(13)14/h3-4H,5H2,1-2H3,(H,13,14). The number of aliphatic carboxylic acids is 1. The number of rotatable bonds is 2. The molecule has 1 rings (SSSR count). The van der Waals surface area contributed by atoms with Gasteiger partial charge in [-0.05, 0) is 36.6 Å². The maximum absolute atomic E-state index is 10.5. The number of carbonyl (C=O) groups is 1. The molecule has 1 N–H and O–H groups in total. The lowest BCUT2D eigenvalue weighted by molar-refractivity contribution is -0.136. The predicted octanol–water partition coefficient (Wildman–Crippen LogP) is 1.80. The first kappa shape index (κ1) is 10.3. The molecule has 0 spiro atoms. The van der Waals surface area contributed by atoms with E-state index in [1.807, 2.05) is 13.8 Å². The smallest absolute Gasteiger partial charge is 0.307 e. The molecule has 3 nitrogen and oxygen atoms in total. The van der Waals surface area contributed by atoms with Crippen LogP contribution in [0.25, 0.3) is 0 Å². The highest BCUT2D eigenvalue weighted by molar-refractivity contribution is 5.71. The first-order chi connectivity index (χ1) is 6.54. The highest BCUT2D eigenvalue weighted by Crippen LogP contribution is 2.15. The van der Waals surface area contributed by atoms with Crippen molar-refractivity contribution < 1.29 is 9.90 Å². The number of hydrogen-bond acceptors (Lipinski definition) is 2. The molecular weight excluding hydrogens is 178 g/mol. The van der Waals surface area contributed by atoms with E-state index in [2.05, 4.69) is 6.07 Å². The molecule has 1 aromatic carbocycles. The van der Waals surface area contributed by atoms with Crippen LogP contribution in [0.1, 0.15) is 22.3 Å². The molecule has 1 aromatic rings. The Balaban J connectivity index is 3.16. The summed E-state index contributed by atoms with van der Waals surface area (Å²) in [5, 5.41) is 17.4. The van der Waals surface area contributed by atoms with Crippen molar-refractivity contribution in [1.82, 2.24) is 0 Å². The minimum atomic E-state index is -0.850. The quantitative estimate of drug-likeness (QED) is 0.771. The van der Waals surface area contributed by atoms with Crippen LogP contribution in [0.15, 0.2) is 12.1 Å². The van der Waals surface area contributed by atoms with Gasteiger partial charge in [-0.25, -0.2) is 0 Å². The van der Waals surface area contributed by atoms with E-state index in [1.165, 1.54) is 0 Å². The lowest BCUT2D eigenvalue weighted by atomic mass is 9.99. The summed E-state index contributed by atoms with van der Waals surface area (Å²) in [7, 11) is 0. The van der Waals surface area contributed by atoms with Gasteiger partial charge >= 0.3 is 5.97 Å². The predicted molar refractivity (Wildman–Crippen MR) is 52.0 cm³/mol. The van der Waals surface area contributed by atoms with Gasteiger partial charge in [0.15, 0.2) is 0 Å². The van der Waals surface area contributed by atoms with Gasteiger partial charge in [0.2, 0.25) is 0 Å². The van der Waals surface area contributed by atoms with Crippen LogP contribution >= 0.6 is 0 Å². The summed E-state index contributed by atoms with van der Waals surface area (Å²) >= 11 is 0. The van der Waals surface area contributed by atoms with Crippen LogP contribution in [0.4, 0.5) is 0 Å². The summed E-state index contributed by atoms with van der Waals surface area (Å²) in [6, 6.07) is 5.56. The topological polar surface area (TPSA) is 61.1 Å². The van der Waals surface area contributed by atoms with Crippen molar-refractivity contribution in [3.05, 3.63) is 34.4 Å². The van der Waals surface area contributed by atoms with Crippen LogP contribution in [0.3, 0.4) is 0 Å².